The number of benzene rings is 2. The van der Waals surface area contributed by atoms with E-state index < -0.39 is 0 Å². The highest BCUT2D eigenvalue weighted by Crippen LogP contribution is 2.20. The first-order valence-corrected chi connectivity index (χ1v) is 7.22. The van der Waals surface area contributed by atoms with Gasteiger partial charge in [0.15, 0.2) is 0 Å². The van der Waals surface area contributed by atoms with E-state index in [0.29, 0.717) is 17.1 Å². The van der Waals surface area contributed by atoms with Crippen LogP contribution in [-0.2, 0) is 6.54 Å². The van der Waals surface area contributed by atoms with Crippen LogP contribution >= 0.6 is 28.1 Å². The molecule has 0 aromatic heterocycles. The van der Waals surface area contributed by atoms with Crippen molar-refractivity contribution in [1.29, 1.82) is 0 Å². The first kappa shape index (κ1) is 14.9. The molecule has 0 amide bonds. The van der Waals surface area contributed by atoms with Crippen molar-refractivity contribution in [1.82, 2.24) is 0 Å². The number of anilines is 1. The zero-order valence-corrected chi connectivity index (χ0v) is 13.3. The zero-order valence-electron chi connectivity index (χ0n) is 10.9. The van der Waals surface area contributed by atoms with E-state index in [9.17, 15) is 4.39 Å². The summed E-state index contributed by atoms with van der Waals surface area (Å²) in [6.45, 7) is 0.484. The zero-order chi connectivity index (χ0) is 14.7. The molecule has 0 bridgehead atoms. The van der Waals surface area contributed by atoms with Crippen LogP contribution in [0.3, 0.4) is 0 Å². The summed E-state index contributed by atoms with van der Waals surface area (Å²) in [4.78, 5) is 2.34. The summed E-state index contributed by atoms with van der Waals surface area (Å²) in [6.07, 6.45) is 0. The summed E-state index contributed by atoms with van der Waals surface area (Å²) in [5.74, 6) is -0.209. The van der Waals surface area contributed by atoms with E-state index in [1.54, 1.807) is 12.1 Å². The van der Waals surface area contributed by atoms with Crippen LogP contribution in [0.5, 0.6) is 0 Å². The molecule has 0 saturated heterocycles. The van der Waals surface area contributed by atoms with Crippen molar-refractivity contribution in [2.75, 3.05) is 11.9 Å². The fourth-order valence-electron chi connectivity index (χ4n) is 1.89. The van der Waals surface area contributed by atoms with Gasteiger partial charge in [-0.3, -0.25) is 0 Å². The predicted molar refractivity (Wildman–Crippen MR) is 88.5 cm³/mol. The van der Waals surface area contributed by atoms with E-state index in [0.717, 1.165) is 15.7 Å². The fraction of sp³-hybridized carbons (Fsp3) is 0.133. The molecule has 104 valence electrons. The van der Waals surface area contributed by atoms with Gasteiger partial charge in [-0.15, -0.1) is 0 Å². The van der Waals surface area contributed by atoms with Gasteiger partial charge in [0.2, 0.25) is 0 Å². The molecule has 20 heavy (non-hydrogen) atoms. The number of nitrogens with zero attached hydrogens (tertiary/aromatic N) is 1. The number of halogens is 2. The molecule has 0 heterocycles. The van der Waals surface area contributed by atoms with Crippen molar-refractivity contribution in [2.24, 2.45) is 5.73 Å². The standard InChI is InChI=1S/C15H14BrFN2S/c1-19(9-11-8-12(16)4-7-14(11)17)13-5-2-10(3-6-13)15(18)20/h2-8H,9H2,1H3,(H2,18,20). The lowest BCUT2D eigenvalue weighted by molar-refractivity contribution is 0.607. The highest BCUT2D eigenvalue weighted by atomic mass is 79.9. The largest absolute Gasteiger partial charge is 0.389 e. The van der Waals surface area contributed by atoms with Crippen LogP contribution in [0.2, 0.25) is 0 Å². The maximum atomic E-state index is 13.7. The van der Waals surface area contributed by atoms with Crippen molar-refractivity contribution in [2.45, 2.75) is 6.54 Å². The van der Waals surface area contributed by atoms with Gasteiger partial charge in [0.25, 0.3) is 0 Å². The summed E-state index contributed by atoms with van der Waals surface area (Å²) >= 11 is 8.27. The molecular weight excluding hydrogens is 339 g/mol. The van der Waals surface area contributed by atoms with Gasteiger partial charge >= 0.3 is 0 Å². The molecule has 0 saturated carbocycles. The van der Waals surface area contributed by atoms with Crippen molar-refractivity contribution in [3.63, 3.8) is 0 Å². The summed E-state index contributed by atoms with van der Waals surface area (Å²) < 4.78 is 14.6. The Morgan fingerprint density at radius 2 is 1.90 bits per heavy atom. The molecule has 5 heteroatoms. The highest BCUT2D eigenvalue weighted by Gasteiger charge is 2.07. The first-order chi connectivity index (χ1) is 9.47. The third-order valence-corrected chi connectivity index (χ3v) is 3.74. The minimum atomic E-state index is -0.209. The predicted octanol–water partition coefficient (Wildman–Crippen LogP) is 3.86. The van der Waals surface area contributed by atoms with Crippen molar-refractivity contribution < 1.29 is 4.39 Å². The molecule has 2 N–H and O–H groups in total. The third kappa shape index (κ3) is 3.55. The average Bonchev–Trinajstić information content (AvgIpc) is 2.43. The van der Waals surface area contributed by atoms with E-state index in [4.69, 9.17) is 18.0 Å². The lowest BCUT2D eigenvalue weighted by Gasteiger charge is -2.20. The van der Waals surface area contributed by atoms with Gasteiger partial charge in [0, 0.05) is 34.9 Å². The van der Waals surface area contributed by atoms with Crippen LogP contribution < -0.4 is 10.6 Å². The van der Waals surface area contributed by atoms with Crippen molar-refractivity contribution in [3.8, 4) is 0 Å². The maximum Gasteiger partial charge on any atom is 0.128 e. The van der Waals surface area contributed by atoms with Crippen LogP contribution in [0, 0.1) is 5.82 Å². The Hall–Kier alpha value is -1.46. The van der Waals surface area contributed by atoms with Crippen molar-refractivity contribution in [3.05, 3.63) is 63.9 Å². The molecule has 0 aliphatic rings. The molecule has 0 spiro atoms. The second-order valence-electron chi connectivity index (χ2n) is 4.50. The molecule has 0 atom stereocenters. The van der Waals surface area contributed by atoms with Gasteiger partial charge in [0.1, 0.15) is 10.8 Å². The Labute approximate surface area is 131 Å². The Bertz CT molecular complexity index is 628. The second kappa shape index (κ2) is 6.33. The minimum absolute atomic E-state index is 0.209. The first-order valence-electron chi connectivity index (χ1n) is 6.02. The van der Waals surface area contributed by atoms with Crippen LogP contribution in [0.15, 0.2) is 46.9 Å². The minimum Gasteiger partial charge on any atom is -0.389 e. The second-order valence-corrected chi connectivity index (χ2v) is 5.86. The number of rotatable bonds is 4. The van der Waals surface area contributed by atoms with Crippen LogP contribution in [0.25, 0.3) is 0 Å². The molecule has 0 unspecified atom stereocenters. The normalized spacial score (nSPS) is 10.3. The quantitative estimate of drug-likeness (QED) is 0.847. The van der Waals surface area contributed by atoms with Gasteiger partial charge in [-0.1, -0.05) is 28.1 Å². The van der Waals surface area contributed by atoms with Gasteiger partial charge in [-0.05, 0) is 42.5 Å². The summed E-state index contributed by atoms with van der Waals surface area (Å²) in [5.41, 5.74) is 8.00. The number of hydrogen-bond donors (Lipinski definition) is 1. The third-order valence-electron chi connectivity index (χ3n) is 3.01. The van der Waals surface area contributed by atoms with E-state index in [-0.39, 0.29) is 5.82 Å². The Morgan fingerprint density at radius 3 is 2.50 bits per heavy atom. The van der Waals surface area contributed by atoms with E-state index in [1.807, 2.05) is 36.2 Å². The molecular formula is C15H14BrFN2S. The van der Waals surface area contributed by atoms with E-state index in [2.05, 4.69) is 15.9 Å². The summed E-state index contributed by atoms with van der Waals surface area (Å²) in [7, 11) is 1.91. The smallest absolute Gasteiger partial charge is 0.128 e. The van der Waals surface area contributed by atoms with Gasteiger partial charge in [0.05, 0.1) is 0 Å². The molecule has 2 rings (SSSR count). The molecule has 2 nitrogen and oxygen atoms in total. The SMILES string of the molecule is CN(Cc1cc(Br)ccc1F)c1ccc(C(N)=S)cc1. The molecule has 2 aromatic rings. The van der Waals surface area contributed by atoms with Gasteiger partial charge in [-0.25, -0.2) is 4.39 Å². The Kier molecular flexibility index (Phi) is 4.73. The molecule has 0 radical (unpaired) electrons. The summed E-state index contributed by atoms with van der Waals surface area (Å²) in [5, 5.41) is 0. The lowest BCUT2D eigenvalue weighted by atomic mass is 10.1. The van der Waals surface area contributed by atoms with E-state index >= 15 is 0 Å². The number of hydrogen-bond acceptors (Lipinski definition) is 2. The molecule has 0 fully saturated rings. The number of nitrogens with two attached hydrogens (primary N) is 1. The molecule has 0 aliphatic heterocycles. The van der Waals surface area contributed by atoms with Crippen LogP contribution in [0.4, 0.5) is 10.1 Å². The Balaban J connectivity index is 2.17. The van der Waals surface area contributed by atoms with Crippen LogP contribution in [0.1, 0.15) is 11.1 Å². The monoisotopic (exact) mass is 352 g/mol. The fourth-order valence-corrected chi connectivity index (χ4v) is 2.44. The van der Waals surface area contributed by atoms with Gasteiger partial charge < -0.3 is 10.6 Å². The topological polar surface area (TPSA) is 29.3 Å². The molecule has 2 aromatic carbocycles. The van der Waals surface area contributed by atoms with E-state index in [1.165, 1.54) is 6.07 Å². The van der Waals surface area contributed by atoms with Crippen molar-refractivity contribution >= 4 is 38.8 Å². The Morgan fingerprint density at radius 1 is 1.25 bits per heavy atom. The molecule has 0 aliphatic carbocycles. The number of thiocarbonyl (C=S) groups is 1. The maximum absolute atomic E-state index is 13.7. The lowest BCUT2D eigenvalue weighted by Crippen LogP contribution is -2.17. The van der Waals surface area contributed by atoms with Gasteiger partial charge in [-0.2, -0.15) is 0 Å². The van der Waals surface area contributed by atoms with Crippen LogP contribution in [-0.4, -0.2) is 12.0 Å². The highest BCUT2D eigenvalue weighted by molar-refractivity contribution is 9.10. The summed E-state index contributed by atoms with van der Waals surface area (Å²) in [6, 6.07) is 12.5. The average molecular weight is 353 g/mol.